The lowest BCUT2D eigenvalue weighted by Crippen LogP contribution is -2.27. The van der Waals surface area contributed by atoms with Gasteiger partial charge in [-0.25, -0.2) is 8.78 Å². The second kappa shape index (κ2) is 5.49. The molecule has 5 heteroatoms. The van der Waals surface area contributed by atoms with E-state index in [0.717, 1.165) is 17.0 Å². The molecule has 0 aliphatic rings. The maximum absolute atomic E-state index is 13.6. The van der Waals surface area contributed by atoms with Crippen LogP contribution in [0.25, 0.3) is 0 Å². The van der Waals surface area contributed by atoms with Crippen LogP contribution in [0.2, 0.25) is 0 Å². The zero-order valence-corrected chi connectivity index (χ0v) is 10.6. The molecule has 0 saturated carbocycles. The van der Waals surface area contributed by atoms with Gasteiger partial charge in [-0.2, -0.15) is 5.26 Å². The topological polar surface area (TPSA) is 44.1 Å². The van der Waals surface area contributed by atoms with Crippen molar-refractivity contribution in [1.82, 2.24) is 0 Å². The summed E-state index contributed by atoms with van der Waals surface area (Å²) in [6.07, 6.45) is 0. The predicted molar refractivity (Wildman–Crippen MR) is 70.2 cm³/mol. The fourth-order valence-electron chi connectivity index (χ4n) is 1.81. The zero-order valence-electron chi connectivity index (χ0n) is 10.6. The third-order valence-electron chi connectivity index (χ3n) is 2.85. The molecule has 0 aromatic heterocycles. The number of para-hydroxylation sites is 1. The van der Waals surface area contributed by atoms with Gasteiger partial charge in [-0.05, 0) is 24.3 Å². The summed E-state index contributed by atoms with van der Waals surface area (Å²) in [4.78, 5) is 13.4. The zero-order chi connectivity index (χ0) is 14.7. The largest absolute Gasteiger partial charge is 0.310 e. The molecule has 0 heterocycles. The van der Waals surface area contributed by atoms with E-state index in [1.165, 1.54) is 7.05 Å². The van der Waals surface area contributed by atoms with E-state index < -0.39 is 17.5 Å². The molecule has 1 amide bonds. The highest BCUT2D eigenvalue weighted by molar-refractivity contribution is 6.06. The number of nitriles is 1. The Bertz CT molecular complexity index is 707. The minimum atomic E-state index is -0.934. The fourth-order valence-corrected chi connectivity index (χ4v) is 1.81. The Morgan fingerprint density at radius 3 is 2.55 bits per heavy atom. The van der Waals surface area contributed by atoms with Gasteiger partial charge in [-0.3, -0.25) is 4.79 Å². The Kier molecular flexibility index (Phi) is 3.76. The van der Waals surface area contributed by atoms with Gasteiger partial charge < -0.3 is 4.90 Å². The van der Waals surface area contributed by atoms with E-state index in [0.29, 0.717) is 17.3 Å². The molecule has 0 bridgehead atoms. The van der Waals surface area contributed by atoms with Gasteiger partial charge in [0.25, 0.3) is 5.91 Å². The summed E-state index contributed by atoms with van der Waals surface area (Å²) in [6.45, 7) is 0. The van der Waals surface area contributed by atoms with Crippen molar-refractivity contribution >= 4 is 11.6 Å². The summed E-state index contributed by atoms with van der Waals surface area (Å²) >= 11 is 0. The molecular formula is C15H10F2N2O. The summed E-state index contributed by atoms with van der Waals surface area (Å²) in [7, 11) is 1.43. The lowest BCUT2D eigenvalue weighted by Gasteiger charge is -2.18. The monoisotopic (exact) mass is 272 g/mol. The molecule has 0 aliphatic heterocycles. The number of amides is 1. The Morgan fingerprint density at radius 1 is 1.20 bits per heavy atom. The number of carbonyl (C=O) groups is 1. The summed E-state index contributed by atoms with van der Waals surface area (Å²) in [5.74, 6) is -2.33. The van der Waals surface area contributed by atoms with Gasteiger partial charge in [0.2, 0.25) is 0 Å². The minimum Gasteiger partial charge on any atom is -0.310 e. The highest BCUT2D eigenvalue weighted by Crippen LogP contribution is 2.21. The number of hydrogen-bond donors (Lipinski definition) is 0. The van der Waals surface area contributed by atoms with Crippen LogP contribution in [0.3, 0.4) is 0 Å². The number of rotatable bonds is 2. The first-order chi connectivity index (χ1) is 9.54. The Morgan fingerprint density at radius 2 is 1.90 bits per heavy atom. The quantitative estimate of drug-likeness (QED) is 0.843. The van der Waals surface area contributed by atoms with Crippen molar-refractivity contribution in [2.45, 2.75) is 0 Å². The van der Waals surface area contributed by atoms with Gasteiger partial charge >= 0.3 is 0 Å². The van der Waals surface area contributed by atoms with Gasteiger partial charge in [0.15, 0.2) is 0 Å². The first-order valence-electron chi connectivity index (χ1n) is 5.77. The molecule has 0 aliphatic carbocycles. The molecule has 3 nitrogen and oxygen atoms in total. The van der Waals surface area contributed by atoms with E-state index in [4.69, 9.17) is 5.26 Å². The number of anilines is 1. The van der Waals surface area contributed by atoms with E-state index >= 15 is 0 Å². The molecule has 0 fully saturated rings. The van der Waals surface area contributed by atoms with Crippen molar-refractivity contribution in [2.24, 2.45) is 0 Å². The molecule has 20 heavy (non-hydrogen) atoms. The van der Waals surface area contributed by atoms with E-state index in [2.05, 4.69) is 0 Å². The third-order valence-corrected chi connectivity index (χ3v) is 2.85. The number of nitrogens with zero attached hydrogens (tertiary/aromatic N) is 2. The molecule has 0 N–H and O–H groups in total. The molecule has 0 spiro atoms. The second-order valence-electron chi connectivity index (χ2n) is 4.12. The number of carbonyl (C=O) groups excluding carboxylic acids is 1. The van der Waals surface area contributed by atoms with Gasteiger partial charge in [0, 0.05) is 13.1 Å². The lowest BCUT2D eigenvalue weighted by molar-refractivity contribution is 0.0989. The van der Waals surface area contributed by atoms with Crippen LogP contribution in [0.4, 0.5) is 14.5 Å². The summed E-state index contributed by atoms with van der Waals surface area (Å²) in [5, 5.41) is 9.00. The van der Waals surface area contributed by atoms with E-state index in [1.807, 2.05) is 6.07 Å². The third kappa shape index (κ3) is 2.50. The Balaban J connectivity index is 2.41. The fraction of sp³-hybridized carbons (Fsp3) is 0.0667. The smallest absolute Gasteiger partial charge is 0.261 e. The number of benzene rings is 2. The van der Waals surface area contributed by atoms with Crippen molar-refractivity contribution in [3.8, 4) is 6.07 Å². The van der Waals surface area contributed by atoms with Crippen LogP contribution in [0.1, 0.15) is 15.9 Å². The van der Waals surface area contributed by atoms with Gasteiger partial charge in [-0.1, -0.05) is 12.1 Å². The highest BCUT2D eigenvalue weighted by atomic mass is 19.1. The summed E-state index contributed by atoms with van der Waals surface area (Å²) < 4.78 is 26.5. The Labute approximate surface area is 114 Å². The Hall–Kier alpha value is -2.74. The highest BCUT2D eigenvalue weighted by Gasteiger charge is 2.19. The maximum atomic E-state index is 13.6. The van der Waals surface area contributed by atoms with E-state index in [1.54, 1.807) is 24.3 Å². The van der Waals surface area contributed by atoms with Gasteiger partial charge in [0.1, 0.15) is 17.7 Å². The summed E-state index contributed by atoms with van der Waals surface area (Å²) in [5.41, 5.74) is 0.413. The van der Waals surface area contributed by atoms with Gasteiger partial charge in [0.05, 0.1) is 16.8 Å². The van der Waals surface area contributed by atoms with Crippen LogP contribution in [0.15, 0.2) is 42.5 Å². The predicted octanol–water partition coefficient (Wildman–Crippen LogP) is 3.11. The standard InChI is InChI=1S/C15H10F2N2O/c1-19(14-5-3-2-4-10(14)9-18)15(20)12-7-6-11(16)8-13(12)17/h2-8H,1H3. The van der Waals surface area contributed by atoms with Crippen molar-refractivity contribution < 1.29 is 13.6 Å². The molecular weight excluding hydrogens is 262 g/mol. The van der Waals surface area contributed by atoms with Crippen LogP contribution < -0.4 is 4.90 Å². The van der Waals surface area contributed by atoms with Crippen molar-refractivity contribution in [3.05, 3.63) is 65.2 Å². The number of halogens is 2. The van der Waals surface area contributed by atoms with Crippen LogP contribution in [-0.2, 0) is 0 Å². The average molecular weight is 272 g/mol. The van der Waals surface area contributed by atoms with Crippen LogP contribution in [0, 0.1) is 23.0 Å². The minimum absolute atomic E-state index is 0.248. The molecule has 0 atom stereocenters. The van der Waals surface area contributed by atoms with E-state index in [-0.39, 0.29) is 5.56 Å². The SMILES string of the molecule is CN(C(=O)c1ccc(F)cc1F)c1ccccc1C#N. The first kappa shape index (κ1) is 13.7. The van der Waals surface area contributed by atoms with Crippen molar-refractivity contribution in [1.29, 1.82) is 5.26 Å². The molecule has 0 radical (unpaired) electrons. The molecule has 2 aromatic rings. The lowest BCUT2D eigenvalue weighted by atomic mass is 10.1. The summed E-state index contributed by atoms with van der Waals surface area (Å²) in [6, 6.07) is 11.2. The molecule has 0 unspecified atom stereocenters. The normalized spacial score (nSPS) is 9.90. The van der Waals surface area contributed by atoms with Gasteiger partial charge in [-0.15, -0.1) is 0 Å². The first-order valence-corrected chi connectivity index (χ1v) is 5.77. The average Bonchev–Trinajstić information content (AvgIpc) is 2.45. The van der Waals surface area contributed by atoms with Crippen molar-refractivity contribution in [2.75, 3.05) is 11.9 Å². The second-order valence-corrected chi connectivity index (χ2v) is 4.12. The van der Waals surface area contributed by atoms with Crippen LogP contribution >= 0.6 is 0 Å². The molecule has 0 saturated heterocycles. The van der Waals surface area contributed by atoms with E-state index in [9.17, 15) is 13.6 Å². The molecule has 2 aromatic carbocycles. The van der Waals surface area contributed by atoms with Crippen LogP contribution in [0.5, 0.6) is 0 Å². The maximum Gasteiger partial charge on any atom is 0.261 e. The molecule has 2 rings (SSSR count). The molecule has 100 valence electrons. The van der Waals surface area contributed by atoms with Crippen molar-refractivity contribution in [3.63, 3.8) is 0 Å². The number of hydrogen-bond acceptors (Lipinski definition) is 2. The van der Waals surface area contributed by atoms with Crippen LogP contribution in [-0.4, -0.2) is 13.0 Å².